The first-order valence-electron chi connectivity index (χ1n) is 5.07. The Labute approximate surface area is 97.9 Å². The summed E-state index contributed by atoms with van der Waals surface area (Å²) >= 11 is 1.61. The first-order valence-corrected chi connectivity index (χ1v) is 5.95. The van der Waals surface area contributed by atoms with Gasteiger partial charge in [0.05, 0.1) is 5.01 Å². The fourth-order valence-corrected chi connectivity index (χ4v) is 2.34. The van der Waals surface area contributed by atoms with Gasteiger partial charge < -0.3 is 5.73 Å². The first-order chi connectivity index (χ1) is 7.65. The molecule has 1 aromatic carbocycles. The molecule has 1 atom stereocenters. The molecule has 1 unspecified atom stereocenters. The summed E-state index contributed by atoms with van der Waals surface area (Å²) in [5.41, 5.74) is 7.99. The van der Waals surface area contributed by atoms with Crippen LogP contribution in [0.1, 0.15) is 22.3 Å². The van der Waals surface area contributed by atoms with Crippen LogP contribution in [0.4, 0.5) is 4.39 Å². The number of benzene rings is 1. The highest BCUT2D eigenvalue weighted by molar-refractivity contribution is 7.09. The lowest BCUT2D eigenvalue weighted by Gasteiger charge is -2.09. The maximum Gasteiger partial charge on any atom is 0.123 e. The number of rotatable bonds is 3. The highest BCUT2D eigenvalue weighted by Crippen LogP contribution is 2.18. The zero-order valence-electron chi connectivity index (χ0n) is 8.98. The topological polar surface area (TPSA) is 38.9 Å². The summed E-state index contributed by atoms with van der Waals surface area (Å²) < 4.78 is 12.7. The third kappa shape index (κ3) is 2.65. The number of halogens is 1. The Bertz CT molecular complexity index is 464. The van der Waals surface area contributed by atoms with Crippen molar-refractivity contribution >= 4 is 11.3 Å². The van der Waals surface area contributed by atoms with E-state index in [0.29, 0.717) is 6.42 Å². The van der Waals surface area contributed by atoms with E-state index in [1.54, 1.807) is 23.5 Å². The number of hydrogen-bond donors (Lipinski definition) is 1. The minimum atomic E-state index is -0.235. The standard InChI is InChI=1S/C12H13FN2S/c1-8-7-16-12(15-8)6-11(14)9-2-4-10(13)5-3-9/h2-5,7,11H,6,14H2,1H3. The lowest BCUT2D eigenvalue weighted by Crippen LogP contribution is -2.13. The molecule has 0 saturated heterocycles. The minimum absolute atomic E-state index is 0.119. The Hall–Kier alpha value is -1.26. The van der Waals surface area contributed by atoms with Crippen molar-refractivity contribution in [1.82, 2.24) is 4.98 Å². The monoisotopic (exact) mass is 236 g/mol. The van der Waals surface area contributed by atoms with E-state index in [4.69, 9.17) is 5.73 Å². The van der Waals surface area contributed by atoms with Gasteiger partial charge in [-0.25, -0.2) is 9.37 Å². The maximum absolute atomic E-state index is 12.7. The lowest BCUT2D eigenvalue weighted by atomic mass is 10.1. The summed E-state index contributed by atoms with van der Waals surface area (Å²) in [5, 5.41) is 3.03. The van der Waals surface area contributed by atoms with Crippen molar-refractivity contribution in [3.63, 3.8) is 0 Å². The molecule has 0 amide bonds. The second kappa shape index (κ2) is 4.72. The van der Waals surface area contributed by atoms with Crippen LogP contribution >= 0.6 is 11.3 Å². The van der Waals surface area contributed by atoms with Crippen molar-refractivity contribution < 1.29 is 4.39 Å². The summed E-state index contributed by atoms with van der Waals surface area (Å²) in [6.07, 6.45) is 0.699. The molecule has 2 N–H and O–H groups in total. The van der Waals surface area contributed by atoms with Crippen LogP contribution in [-0.4, -0.2) is 4.98 Å². The second-order valence-corrected chi connectivity index (χ2v) is 4.69. The number of aromatic nitrogens is 1. The molecule has 1 aromatic heterocycles. The Morgan fingerprint density at radius 2 is 2.06 bits per heavy atom. The summed E-state index contributed by atoms with van der Waals surface area (Å²) in [5.74, 6) is -0.235. The van der Waals surface area contributed by atoms with Gasteiger partial charge in [-0.2, -0.15) is 0 Å². The molecule has 2 rings (SSSR count). The van der Waals surface area contributed by atoms with E-state index in [1.807, 2.05) is 12.3 Å². The molecule has 0 radical (unpaired) electrons. The molecule has 4 heteroatoms. The number of nitrogens with two attached hydrogens (primary N) is 1. The Morgan fingerprint density at radius 1 is 1.38 bits per heavy atom. The van der Waals surface area contributed by atoms with Crippen LogP contribution in [-0.2, 0) is 6.42 Å². The molecule has 0 aliphatic heterocycles. The number of aryl methyl sites for hydroxylation is 1. The van der Waals surface area contributed by atoms with E-state index in [9.17, 15) is 4.39 Å². The molecule has 2 nitrogen and oxygen atoms in total. The van der Waals surface area contributed by atoms with Crippen LogP contribution in [0.25, 0.3) is 0 Å². The normalized spacial score (nSPS) is 12.7. The van der Waals surface area contributed by atoms with Crippen molar-refractivity contribution in [3.05, 3.63) is 51.7 Å². The van der Waals surface area contributed by atoms with Gasteiger partial charge in [-0.3, -0.25) is 0 Å². The van der Waals surface area contributed by atoms with Gasteiger partial charge in [-0.1, -0.05) is 12.1 Å². The molecule has 0 aliphatic carbocycles. The van der Waals surface area contributed by atoms with Gasteiger partial charge in [0.1, 0.15) is 5.82 Å². The second-order valence-electron chi connectivity index (χ2n) is 3.74. The number of hydrogen-bond acceptors (Lipinski definition) is 3. The fourth-order valence-electron chi connectivity index (χ4n) is 1.51. The average Bonchev–Trinajstić information content (AvgIpc) is 2.65. The van der Waals surface area contributed by atoms with Crippen molar-refractivity contribution in [2.24, 2.45) is 5.73 Å². The minimum Gasteiger partial charge on any atom is -0.324 e. The van der Waals surface area contributed by atoms with E-state index in [0.717, 1.165) is 16.3 Å². The van der Waals surface area contributed by atoms with Gasteiger partial charge in [0.15, 0.2) is 0 Å². The van der Waals surface area contributed by atoms with Crippen LogP contribution in [0.2, 0.25) is 0 Å². The molecule has 0 spiro atoms. The first kappa shape index (κ1) is 11.2. The Morgan fingerprint density at radius 3 is 2.62 bits per heavy atom. The van der Waals surface area contributed by atoms with Crippen LogP contribution < -0.4 is 5.73 Å². The molecule has 84 valence electrons. The van der Waals surface area contributed by atoms with Crippen LogP contribution in [0, 0.1) is 12.7 Å². The molecule has 16 heavy (non-hydrogen) atoms. The molecule has 0 aliphatic rings. The van der Waals surface area contributed by atoms with Gasteiger partial charge in [-0.15, -0.1) is 11.3 Å². The number of thiazole rings is 1. The highest BCUT2D eigenvalue weighted by atomic mass is 32.1. The van der Waals surface area contributed by atoms with Crippen LogP contribution in [0.15, 0.2) is 29.6 Å². The molecule has 0 saturated carbocycles. The third-order valence-electron chi connectivity index (χ3n) is 2.36. The quantitative estimate of drug-likeness (QED) is 0.890. The third-order valence-corrected chi connectivity index (χ3v) is 3.35. The van der Waals surface area contributed by atoms with Crippen molar-refractivity contribution in [2.75, 3.05) is 0 Å². The van der Waals surface area contributed by atoms with Gasteiger partial charge in [0.25, 0.3) is 0 Å². The van der Waals surface area contributed by atoms with Gasteiger partial charge in [-0.05, 0) is 24.6 Å². The van der Waals surface area contributed by atoms with E-state index in [-0.39, 0.29) is 11.9 Å². The lowest BCUT2D eigenvalue weighted by molar-refractivity contribution is 0.624. The van der Waals surface area contributed by atoms with Gasteiger partial charge >= 0.3 is 0 Å². The van der Waals surface area contributed by atoms with Crippen molar-refractivity contribution in [3.8, 4) is 0 Å². The molecular weight excluding hydrogens is 223 g/mol. The fraction of sp³-hybridized carbons (Fsp3) is 0.250. The number of nitrogens with zero attached hydrogens (tertiary/aromatic N) is 1. The highest BCUT2D eigenvalue weighted by Gasteiger charge is 2.09. The maximum atomic E-state index is 12.7. The zero-order valence-corrected chi connectivity index (χ0v) is 9.80. The SMILES string of the molecule is Cc1csc(CC(N)c2ccc(F)cc2)n1. The molecular formula is C12H13FN2S. The predicted octanol–water partition coefficient (Wildman–Crippen LogP) is 2.83. The van der Waals surface area contributed by atoms with E-state index in [1.165, 1.54) is 12.1 Å². The summed E-state index contributed by atoms with van der Waals surface area (Å²) in [6.45, 7) is 1.96. The smallest absolute Gasteiger partial charge is 0.123 e. The summed E-state index contributed by atoms with van der Waals surface area (Å²) in [6, 6.07) is 6.19. The van der Waals surface area contributed by atoms with E-state index < -0.39 is 0 Å². The largest absolute Gasteiger partial charge is 0.324 e. The summed E-state index contributed by atoms with van der Waals surface area (Å²) in [4.78, 5) is 4.36. The van der Waals surface area contributed by atoms with E-state index >= 15 is 0 Å². The summed E-state index contributed by atoms with van der Waals surface area (Å²) in [7, 11) is 0. The molecule has 0 bridgehead atoms. The Kier molecular flexibility index (Phi) is 3.31. The van der Waals surface area contributed by atoms with Gasteiger partial charge in [0.2, 0.25) is 0 Å². The van der Waals surface area contributed by atoms with Crippen molar-refractivity contribution in [1.29, 1.82) is 0 Å². The predicted molar refractivity (Wildman–Crippen MR) is 63.9 cm³/mol. The van der Waals surface area contributed by atoms with Crippen LogP contribution in [0.3, 0.4) is 0 Å². The zero-order chi connectivity index (χ0) is 11.5. The average molecular weight is 236 g/mol. The van der Waals surface area contributed by atoms with Crippen LogP contribution in [0.5, 0.6) is 0 Å². The molecule has 0 fully saturated rings. The molecule has 2 aromatic rings. The van der Waals surface area contributed by atoms with Gasteiger partial charge in [0, 0.05) is 23.5 Å². The van der Waals surface area contributed by atoms with Crippen molar-refractivity contribution in [2.45, 2.75) is 19.4 Å². The van der Waals surface area contributed by atoms with E-state index in [2.05, 4.69) is 4.98 Å². The molecule has 1 heterocycles. The Balaban J connectivity index is 2.08.